The van der Waals surface area contributed by atoms with Crippen molar-refractivity contribution < 1.29 is 32.6 Å². The molecule has 0 aliphatic carbocycles. The van der Waals surface area contributed by atoms with E-state index in [1.807, 2.05) is 0 Å². The Hall–Kier alpha value is -1.47. The van der Waals surface area contributed by atoms with Gasteiger partial charge in [-0.05, 0) is 39.0 Å². The maximum atomic E-state index is 13.1. The number of carboxylic acid groups (broad SMARTS) is 1. The molecule has 0 aromatic rings. The second-order valence-corrected chi connectivity index (χ2v) is 7.10. The number of hydrogen-bond acceptors (Lipinski definition) is 3. The van der Waals surface area contributed by atoms with Crippen LogP contribution in [0.15, 0.2) is 0 Å². The van der Waals surface area contributed by atoms with Crippen LogP contribution in [0.5, 0.6) is 0 Å². The Bertz CT molecular complexity index is 445. The Morgan fingerprint density at radius 2 is 1.87 bits per heavy atom. The Morgan fingerprint density at radius 3 is 2.26 bits per heavy atom. The average Bonchev–Trinajstić information content (AvgIpc) is 2.32. The molecule has 0 aromatic carbocycles. The van der Waals surface area contributed by atoms with Crippen molar-refractivity contribution in [3.05, 3.63) is 0 Å². The highest BCUT2D eigenvalue weighted by Gasteiger charge is 2.48. The van der Waals surface area contributed by atoms with E-state index in [-0.39, 0.29) is 19.5 Å². The first kappa shape index (κ1) is 19.6. The molecule has 23 heavy (non-hydrogen) atoms. The predicted molar refractivity (Wildman–Crippen MR) is 76.9 cm³/mol. The van der Waals surface area contributed by atoms with Crippen LogP contribution in [0.1, 0.15) is 40.5 Å². The number of carbonyl (C=O) groups excluding carboxylic acids is 1. The third-order valence-electron chi connectivity index (χ3n) is 3.96. The van der Waals surface area contributed by atoms with Crippen molar-refractivity contribution in [1.82, 2.24) is 4.90 Å². The molecule has 3 atom stereocenters. The van der Waals surface area contributed by atoms with Crippen LogP contribution >= 0.6 is 0 Å². The van der Waals surface area contributed by atoms with Crippen LogP contribution in [0, 0.1) is 17.8 Å². The lowest BCUT2D eigenvalue weighted by molar-refractivity contribution is -0.203. The standard InChI is InChI=1S/C15H24F3NO4/c1-9-8-19(13(22)23-14(2,3)4)6-5-10(9)11(7-12(20)21)15(16,17)18/h9-11H,5-8H2,1-4H3,(H,20,21). The number of ether oxygens (including phenoxy) is 1. The Labute approximate surface area is 133 Å². The summed E-state index contributed by atoms with van der Waals surface area (Å²) in [6, 6.07) is 0. The van der Waals surface area contributed by atoms with Crippen LogP contribution in [-0.2, 0) is 9.53 Å². The fourth-order valence-electron chi connectivity index (χ4n) is 2.95. The van der Waals surface area contributed by atoms with E-state index < -0.39 is 48.0 Å². The Morgan fingerprint density at radius 1 is 1.30 bits per heavy atom. The van der Waals surface area contributed by atoms with Crippen molar-refractivity contribution in [2.24, 2.45) is 17.8 Å². The maximum Gasteiger partial charge on any atom is 0.410 e. The van der Waals surface area contributed by atoms with E-state index in [1.165, 1.54) is 4.90 Å². The number of carboxylic acids is 1. The van der Waals surface area contributed by atoms with Gasteiger partial charge in [-0.3, -0.25) is 4.79 Å². The van der Waals surface area contributed by atoms with Gasteiger partial charge in [-0.25, -0.2) is 4.79 Å². The van der Waals surface area contributed by atoms with Gasteiger partial charge >= 0.3 is 18.2 Å². The van der Waals surface area contributed by atoms with Crippen molar-refractivity contribution in [2.45, 2.75) is 52.3 Å². The van der Waals surface area contributed by atoms with Crippen LogP contribution in [0.4, 0.5) is 18.0 Å². The highest BCUT2D eigenvalue weighted by molar-refractivity contribution is 5.68. The molecule has 3 unspecified atom stereocenters. The molecular weight excluding hydrogens is 315 g/mol. The lowest BCUT2D eigenvalue weighted by Crippen LogP contribution is -2.48. The third-order valence-corrected chi connectivity index (χ3v) is 3.96. The number of likely N-dealkylation sites (tertiary alicyclic amines) is 1. The number of hydrogen-bond donors (Lipinski definition) is 1. The maximum absolute atomic E-state index is 13.1. The van der Waals surface area contributed by atoms with Crippen molar-refractivity contribution in [3.63, 3.8) is 0 Å². The van der Waals surface area contributed by atoms with E-state index in [0.717, 1.165) is 0 Å². The van der Waals surface area contributed by atoms with E-state index in [4.69, 9.17) is 9.84 Å². The van der Waals surface area contributed by atoms with Crippen LogP contribution in [-0.4, -0.2) is 46.9 Å². The molecule has 1 aliphatic rings. The summed E-state index contributed by atoms with van der Waals surface area (Å²) in [5, 5.41) is 8.75. The van der Waals surface area contributed by atoms with E-state index in [1.54, 1.807) is 27.7 Å². The summed E-state index contributed by atoms with van der Waals surface area (Å²) >= 11 is 0. The van der Waals surface area contributed by atoms with Gasteiger partial charge in [0.2, 0.25) is 0 Å². The molecule has 1 rings (SSSR count). The molecule has 1 aliphatic heterocycles. The molecule has 1 saturated heterocycles. The number of carbonyl (C=O) groups is 2. The number of piperidine rings is 1. The first-order valence-electron chi connectivity index (χ1n) is 7.57. The van der Waals surface area contributed by atoms with E-state index in [9.17, 15) is 22.8 Å². The fourth-order valence-corrected chi connectivity index (χ4v) is 2.95. The SMILES string of the molecule is CC1CN(C(=O)OC(C)(C)C)CCC1C(CC(=O)O)C(F)(F)F. The highest BCUT2D eigenvalue weighted by Crippen LogP contribution is 2.41. The largest absolute Gasteiger partial charge is 0.481 e. The molecule has 0 radical (unpaired) electrons. The molecule has 5 nitrogen and oxygen atoms in total. The molecule has 0 bridgehead atoms. The zero-order valence-electron chi connectivity index (χ0n) is 13.8. The molecule has 0 aromatic heterocycles. The molecule has 8 heteroatoms. The van der Waals surface area contributed by atoms with Crippen LogP contribution in [0.3, 0.4) is 0 Å². The lowest BCUT2D eigenvalue weighted by Gasteiger charge is -2.41. The number of nitrogens with zero attached hydrogens (tertiary/aromatic N) is 1. The summed E-state index contributed by atoms with van der Waals surface area (Å²) in [4.78, 5) is 24.1. The quantitative estimate of drug-likeness (QED) is 0.854. The van der Waals surface area contributed by atoms with Gasteiger partial charge < -0.3 is 14.7 Å². The number of aliphatic carboxylic acids is 1. The summed E-state index contributed by atoms with van der Waals surface area (Å²) in [7, 11) is 0. The average molecular weight is 339 g/mol. The predicted octanol–water partition coefficient (Wildman–Crippen LogP) is 3.53. The van der Waals surface area contributed by atoms with Gasteiger partial charge in [-0.2, -0.15) is 13.2 Å². The molecular formula is C15H24F3NO4. The zero-order valence-corrected chi connectivity index (χ0v) is 13.8. The van der Waals surface area contributed by atoms with Gasteiger partial charge in [0.05, 0.1) is 12.3 Å². The summed E-state index contributed by atoms with van der Waals surface area (Å²) in [5.41, 5.74) is -0.672. The normalized spacial score (nSPS) is 24.2. The number of amides is 1. The van der Waals surface area contributed by atoms with Crippen LogP contribution in [0.25, 0.3) is 0 Å². The minimum atomic E-state index is -4.56. The monoisotopic (exact) mass is 339 g/mol. The van der Waals surface area contributed by atoms with Gasteiger partial charge in [0.25, 0.3) is 0 Å². The minimum Gasteiger partial charge on any atom is -0.481 e. The molecule has 1 amide bonds. The highest BCUT2D eigenvalue weighted by atomic mass is 19.4. The summed E-state index contributed by atoms with van der Waals surface area (Å²) in [6.07, 6.45) is -5.95. The summed E-state index contributed by atoms with van der Waals surface area (Å²) < 4.78 is 44.7. The zero-order chi connectivity index (χ0) is 18.0. The Balaban J connectivity index is 2.77. The van der Waals surface area contributed by atoms with E-state index in [2.05, 4.69) is 0 Å². The number of halogens is 3. The molecule has 1 heterocycles. The number of alkyl halides is 3. The smallest absolute Gasteiger partial charge is 0.410 e. The molecule has 1 N–H and O–H groups in total. The van der Waals surface area contributed by atoms with Crippen molar-refractivity contribution in [2.75, 3.05) is 13.1 Å². The second-order valence-electron chi connectivity index (χ2n) is 7.10. The van der Waals surface area contributed by atoms with Gasteiger partial charge in [0.1, 0.15) is 5.60 Å². The number of rotatable bonds is 3. The minimum absolute atomic E-state index is 0.109. The summed E-state index contributed by atoms with van der Waals surface area (Å²) in [5.74, 6) is -4.63. The van der Waals surface area contributed by atoms with Crippen molar-refractivity contribution in [1.29, 1.82) is 0 Å². The lowest BCUT2D eigenvalue weighted by atomic mass is 9.76. The third kappa shape index (κ3) is 5.91. The van der Waals surface area contributed by atoms with Gasteiger partial charge in [-0.1, -0.05) is 6.92 Å². The Kier molecular flexibility index (Phi) is 5.93. The second kappa shape index (κ2) is 6.97. The van der Waals surface area contributed by atoms with Crippen molar-refractivity contribution >= 4 is 12.1 Å². The summed E-state index contributed by atoms with van der Waals surface area (Å²) in [6.45, 7) is 7.03. The molecule has 0 spiro atoms. The first-order valence-corrected chi connectivity index (χ1v) is 7.57. The van der Waals surface area contributed by atoms with Gasteiger partial charge in [0, 0.05) is 13.1 Å². The molecule has 0 saturated carbocycles. The topological polar surface area (TPSA) is 66.8 Å². The van der Waals surface area contributed by atoms with Crippen molar-refractivity contribution in [3.8, 4) is 0 Å². The van der Waals surface area contributed by atoms with E-state index in [0.29, 0.717) is 0 Å². The fraction of sp³-hybridized carbons (Fsp3) is 0.867. The van der Waals surface area contributed by atoms with E-state index >= 15 is 0 Å². The van der Waals surface area contributed by atoms with Crippen LogP contribution < -0.4 is 0 Å². The first-order chi connectivity index (χ1) is 10.3. The van der Waals surface area contributed by atoms with Gasteiger partial charge in [0.15, 0.2) is 0 Å². The molecule has 134 valence electrons. The van der Waals surface area contributed by atoms with Gasteiger partial charge in [-0.15, -0.1) is 0 Å². The molecule has 1 fully saturated rings. The van der Waals surface area contributed by atoms with Crippen LogP contribution in [0.2, 0.25) is 0 Å².